The van der Waals surface area contributed by atoms with Crippen molar-refractivity contribution in [2.45, 2.75) is 57.3 Å². The summed E-state index contributed by atoms with van der Waals surface area (Å²) in [7, 11) is 3.51. The van der Waals surface area contributed by atoms with Gasteiger partial charge in [0.15, 0.2) is 0 Å². The van der Waals surface area contributed by atoms with Crippen LogP contribution in [0.1, 0.15) is 62.0 Å². The van der Waals surface area contributed by atoms with Crippen LogP contribution in [0.25, 0.3) is 0 Å². The predicted molar refractivity (Wildman–Crippen MR) is 104 cm³/mol. The fourth-order valence-corrected chi connectivity index (χ4v) is 6.38. The minimum atomic E-state index is 0.341. The molecule has 0 bridgehead atoms. The second-order valence-corrected chi connectivity index (χ2v) is 8.57. The van der Waals surface area contributed by atoms with Crippen LogP contribution in [-0.4, -0.2) is 27.4 Å². The molecule has 3 aliphatic rings. The SMILES string of the molecule is COc1cc2c(c(OC)c1)[C@H]1CC[C@]3(COCCC#N)CCC[C@H]3[C@@H]1CC2. The van der Waals surface area contributed by atoms with Crippen molar-refractivity contribution in [1.82, 2.24) is 0 Å². The van der Waals surface area contributed by atoms with Crippen LogP contribution < -0.4 is 9.47 Å². The maximum atomic E-state index is 8.77. The average Bonchev–Trinajstić information content (AvgIpc) is 3.14. The van der Waals surface area contributed by atoms with E-state index in [2.05, 4.69) is 18.2 Å². The van der Waals surface area contributed by atoms with Crippen molar-refractivity contribution >= 4 is 0 Å². The van der Waals surface area contributed by atoms with Gasteiger partial charge in [-0.2, -0.15) is 5.26 Å². The summed E-state index contributed by atoms with van der Waals surface area (Å²) in [5, 5.41) is 8.77. The van der Waals surface area contributed by atoms with Gasteiger partial charge in [-0.05, 0) is 73.3 Å². The highest BCUT2D eigenvalue weighted by molar-refractivity contribution is 5.50. The van der Waals surface area contributed by atoms with Crippen LogP contribution in [-0.2, 0) is 11.2 Å². The summed E-state index contributed by atoms with van der Waals surface area (Å²) in [4.78, 5) is 0. The standard InChI is InChI=1S/C23H31NO3/c1-25-17-13-16-6-7-18-19(22(16)21(14-17)26-2)8-10-23(9-3-5-20(18)23)15-27-12-4-11-24/h13-14,18-20H,3-10,12,15H2,1-2H3/t18-,19+,20+,23+/m1/s1. The molecule has 27 heavy (non-hydrogen) atoms. The maximum Gasteiger partial charge on any atom is 0.126 e. The summed E-state index contributed by atoms with van der Waals surface area (Å²) in [6.07, 6.45) is 9.28. The van der Waals surface area contributed by atoms with E-state index in [9.17, 15) is 0 Å². The zero-order valence-corrected chi connectivity index (χ0v) is 16.6. The van der Waals surface area contributed by atoms with Crippen LogP contribution in [0.3, 0.4) is 0 Å². The minimum absolute atomic E-state index is 0.341. The molecule has 4 heteroatoms. The Labute approximate surface area is 162 Å². The lowest BCUT2D eigenvalue weighted by molar-refractivity contribution is -0.0347. The Morgan fingerprint density at radius 2 is 2.04 bits per heavy atom. The van der Waals surface area contributed by atoms with Gasteiger partial charge in [0, 0.05) is 11.6 Å². The lowest BCUT2D eigenvalue weighted by Gasteiger charge is -2.50. The van der Waals surface area contributed by atoms with Crippen LogP contribution in [0.4, 0.5) is 0 Å². The summed E-state index contributed by atoms with van der Waals surface area (Å²) in [5.41, 5.74) is 3.21. The first-order chi connectivity index (χ1) is 13.2. The summed E-state index contributed by atoms with van der Waals surface area (Å²) < 4.78 is 17.3. The van der Waals surface area contributed by atoms with Gasteiger partial charge < -0.3 is 14.2 Å². The quantitative estimate of drug-likeness (QED) is 0.672. The third kappa shape index (κ3) is 3.21. The maximum absolute atomic E-state index is 8.77. The molecular formula is C23H31NO3. The first-order valence-corrected chi connectivity index (χ1v) is 10.4. The Hall–Kier alpha value is -1.73. The van der Waals surface area contributed by atoms with E-state index in [0.717, 1.165) is 36.4 Å². The van der Waals surface area contributed by atoms with Crippen molar-refractivity contribution < 1.29 is 14.2 Å². The van der Waals surface area contributed by atoms with Gasteiger partial charge in [0.05, 0.1) is 39.9 Å². The van der Waals surface area contributed by atoms with Crippen LogP contribution >= 0.6 is 0 Å². The van der Waals surface area contributed by atoms with Crippen LogP contribution in [0, 0.1) is 28.6 Å². The van der Waals surface area contributed by atoms with E-state index in [1.807, 2.05) is 0 Å². The van der Waals surface area contributed by atoms with Gasteiger partial charge in [-0.15, -0.1) is 0 Å². The molecule has 146 valence electrons. The Morgan fingerprint density at radius 1 is 1.15 bits per heavy atom. The minimum Gasteiger partial charge on any atom is -0.497 e. The fraction of sp³-hybridized carbons (Fsp3) is 0.696. The van der Waals surface area contributed by atoms with E-state index in [4.69, 9.17) is 19.5 Å². The summed E-state index contributed by atoms with van der Waals surface area (Å²) in [5.74, 6) is 4.00. The molecule has 0 amide bonds. The number of hydrogen-bond donors (Lipinski definition) is 0. The molecule has 4 atom stereocenters. The number of rotatable bonds is 6. The third-order valence-electron chi connectivity index (χ3n) is 7.49. The van der Waals surface area contributed by atoms with Gasteiger partial charge in [0.2, 0.25) is 0 Å². The molecular weight excluding hydrogens is 338 g/mol. The van der Waals surface area contributed by atoms with Crippen molar-refractivity contribution in [3.8, 4) is 17.6 Å². The van der Waals surface area contributed by atoms with Gasteiger partial charge in [0.25, 0.3) is 0 Å². The predicted octanol–water partition coefficient (Wildman–Crippen LogP) is 4.86. The van der Waals surface area contributed by atoms with Crippen LogP contribution in [0.5, 0.6) is 11.5 Å². The first kappa shape index (κ1) is 18.6. The number of methoxy groups -OCH3 is 2. The van der Waals surface area contributed by atoms with E-state index in [-0.39, 0.29) is 0 Å². The molecule has 0 radical (unpaired) electrons. The molecule has 2 fully saturated rings. The smallest absolute Gasteiger partial charge is 0.126 e. The van der Waals surface area contributed by atoms with Crippen molar-refractivity contribution in [2.24, 2.45) is 17.3 Å². The van der Waals surface area contributed by atoms with Crippen LogP contribution in [0.2, 0.25) is 0 Å². The van der Waals surface area contributed by atoms with Crippen molar-refractivity contribution in [3.05, 3.63) is 23.3 Å². The number of benzene rings is 1. The Kier molecular flexibility index (Phi) is 5.32. The highest BCUT2D eigenvalue weighted by Gasteiger charge is 2.53. The van der Waals surface area contributed by atoms with E-state index in [0.29, 0.717) is 24.4 Å². The van der Waals surface area contributed by atoms with Gasteiger partial charge >= 0.3 is 0 Å². The average molecular weight is 370 g/mol. The largest absolute Gasteiger partial charge is 0.497 e. The Morgan fingerprint density at radius 3 is 2.81 bits per heavy atom. The van der Waals surface area contributed by atoms with Crippen molar-refractivity contribution in [1.29, 1.82) is 5.26 Å². The van der Waals surface area contributed by atoms with Gasteiger partial charge in [0.1, 0.15) is 11.5 Å². The number of nitrogens with zero attached hydrogens (tertiary/aromatic N) is 1. The second kappa shape index (κ2) is 7.72. The molecule has 0 aliphatic heterocycles. The highest BCUT2D eigenvalue weighted by Crippen LogP contribution is 2.62. The zero-order valence-electron chi connectivity index (χ0n) is 16.6. The molecule has 4 rings (SSSR count). The Balaban J connectivity index is 1.59. The first-order valence-electron chi connectivity index (χ1n) is 10.4. The number of fused-ring (bicyclic) bond motifs is 5. The Bertz CT molecular complexity index is 708. The number of hydrogen-bond acceptors (Lipinski definition) is 4. The normalized spacial score (nSPS) is 31.4. The van der Waals surface area contributed by atoms with Gasteiger partial charge in [-0.25, -0.2) is 0 Å². The molecule has 1 aromatic rings. The number of aryl methyl sites for hydroxylation is 1. The van der Waals surface area contributed by atoms with E-state index in [1.54, 1.807) is 14.2 Å². The highest BCUT2D eigenvalue weighted by atomic mass is 16.5. The van der Waals surface area contributed by atoms with Gasteiger partial charge in [-0.3, -0.25) is 0 Å². The van der Waals surface area contributed by atoms with Crippen molar-refractivity contribution in [3.63, 3.8) is 0 Å². The molecule has 0 aromatic heterocycles. The molecule has 0 spiro atoms. The molecule has 0 saturated heterocycles. The monoisotopic (exact) mass is 369 g/mol. The summed E-state index contributed by atoms with van der Waals surface area (Å²) in [6.45, 7) is 1.42. The molecule has 2 saturated carbocycles. The summed E-state index contributed by atoms with van der Waals surface area (Å²) in [6, 6.07) is 6.47. The summed E-state index contributed by atoms with van der Waals surface area (Å²) >= 11 is 0. The molecule has 0 heterocycles. The van der Waals surface area contributed by atoms with Crippen molar-refractivity contribution in [2.75, 3.05) is 27.4 Å². The lowest BCUT2D eigenvalue weighted by Crippen LogP contribution is -2.43. The second-order valence-electron chi connectivity index (χ2n) is 8.57. The van der Waals surface area contributed by atoms with Crippen LogP contribution in [0.15, 0.2) is 12.1 Å². The molecule has 1 aromatic carbocycles. The number of nitriles is 1. The topological polar surface area (TPSA) is 51.5 Å². The molecule has 4 nitrogen and oxygen atoms in total. The molecule has 0 unspecified atom stereocenters. The zero-order chi connectivity index (χ0) is 18.9. The van der Waals surface area contributed by atoms with E-state index in [1.165, 1.54) is 49.7 Å². The van der Waals surface area contributed by atoms with E-state index < -0.39 is 0 Å². The van der Waals surface area contributed by atoms with E-state index >= 15 is 0 Å². The third-order valence-corrected chi connectivity index (χ3v) is 7.49. The lowest BCUT2D eigenvalue weighted by atomic mass is 9.55. The fourth-order valence-electron chi connectivity index (χ4n) is 6.38. The van der Waals surface area contributed by atoms with Gasteiger partial charge in [-0.1, -0.05) is 6.42 Å². The molecule has 3 aliphatic carbocycles. The number of ether oxygens (including phenoxy) is 3. The molecule has 0 N–H and O–H groups in total.